The molecule has 3 rings (SSSR count). The van der Waals surface area contributed by atoms with Crippen LogP contribution in [0.1, 0.15) is 31.8 Å². The SMILES string of the molecule is O=C(NCCc1cc([NH+]([O-])O)c(CCNC(=O)c2ccccc2)c([NH+]([O-])O)c1)c1ccccc1. The van der Waals surface area contributed by atoms with Gasteiger partial charge in [0.1, 0.15) is 0 Å². The first-order chi connectivity index (χ1) is 16.4. The Morgan fingerprint density at radius 1 is 0.706 bits per heavy atom. The molecular weight excluding hydrogens is 440 g/mol. The number of quaternary nitrogens is 2. The third kappa shape index (κ3) is 6.68. The van der Waals surface area contributed by atoms with E-state index in [2.05, 4.69) is 10.6 Å². The van der Waals surface area contributed by atoms with E-state index < -0.39 is 10.5 Å². The Morgan fingerprint density at radius 3 is 1.53 bits per heavy atom. The molecule has 0 aromatic heterocycles. The van der Waals surface area contributed by atoms with Crippen LogP contribution in [0.2, 0.25) is 0 Å². The molecule has 2 atom stereocenters. The number of carbonyl (C=O) groups is 2. The lowest BCUT2D eigenvalue weighted by atomic mass is 10.0. The Kier molecular flexibility index (Phi) is 8.82. The van der Waals surface area contributed by atoms with E-state index in [0.717, 1.165) is 0 Å². The first-order valence-corrected chi connectivity index (χ1v) is 10.7. The van der Waals surface area contributed by atoms with E-state index in [1.165, 1.54) is 12.1 Å². The van der Waals surface area contributed by atoms with E-state index in [-0.39, 0.29) is 54.7 Å². The number of rotatable bonds is 10. The number of amides is 2. The van der Waals surface area contributed by atoms with Gasteiger partial charge in [0.05, 0.1) is 5.56 Å². The molecule has 2 unspecified atom stereocenters. The van der Waals surface area contributed by atoms with Gasteiger partial charge in [-0.25, -0.2) is 10.4 Å². The molecule has 34 heavy (non-hydrogen) atoms. The van der Waals surface area contributed by atoms with Crippen molar-refractivity contribution in [3.63, 3.8) is 0 Å². The van der Waals surface area contributed by atoms with E-state index in [1.807, 2.05) is 0 Å². The standard InChI is InChI=1S/C24H26N4O6/c29-23(18-7-3-1-4-8-18)25-13-11-17-15-21(27(31)32)20(22(16-17)28(33)34)12-14-26-24(30)19-9-5-2-6-10-19/h1-10,15-16,27-28,31,33H,11-14H2,(H,25,29)(H,26,30). The zero-order chi connectivity index (χ0) is 24.5. The van der Waals surface area contributed by atoms with Gasteiger partial charge in [-0.1, -0.05) is 36.4 Å². The summed E-state index contributed by atoms with van der Waals surface area (Å²) in [6.45, 7) is 0.277. The molecule has 3 aromatic rings. The summed E-state index contributed by atoms with van der Waals surface area (Å²) >= 11 is 0. The number of hydrogen-bond donors (Lipinski definition) is 6. The van der Waals surface area contributed by atoms with Gasteiger partial charge in [0, 0.05) is 42.8 Å². The van der Waals surface area contributed by atoms with Crippen molar-refractivity contribution in [2.24, 2.45) is 0 Å². The van der Waals surface area contributed by atoms with Gasteiger partial charge in [-0.2, -0.15) is 10.5 Å². The highest BCUT2D eigenvalue weighted by Gasteiger charge is 2.21. The van der Waals surface area contributed by atoms with Crippen molar-refractivity contribution < 1.29 is 30.5 Å². The summed E-state index contributed by atoms with van der Waals surface area (Å²) < 4.78 is 0. The third-order valence-corrected chi connectivity index (χ3v) is 5.20. The summed E-state index contributed by atoms with van der Waals surface area (Å²) in [7, 11) is 0. The Hall–Kier alpha value is -3.64. The number of benzene rings is 3. The summed E-state index contributed by atoms with van der Waals surface area (Å²) in [5.41, 5.74) is 1.27. The second-order valence-electron chi connectivity index (χ2n) is 7.52. The van der Waals surface area contributed by atoms with Crippen molar-refractivity contribution in [2.75, 3.05) is 13.1 Å². The minimum atomic E-state index is -1.26. The van der Waals surface area contributed by atoms with Crippen LogP contribution in [0, 0.1) is 10.4 Å². The maximum atomic E-state index is 12.2. The van der Waals surface area contributed by atoms with E-state index >= 15 is 0 Å². The molecule has 178 valence electrons. The summed E-state index contributed by atoms with van der Waals surface area (Å²) in [5, 5.41) is 46.1. The molecule has 10 heteroatoms. The topological polar surface area (TPSA) is 154 Å². The average molecular weight is 466 g/mol. The molecular formula is C24H26N4O6. The highest BCUT2D eigenvalue weighted by molar-refractivity contribution is 5.94. The van der Waals surface area contributed by atoms with Gasteiger partial charge in [-0.05, 0) is 36.2 Å². The van der Waals surface area contributed by atoms with Crippen molar-refractivity contribution in [1.82, 2.24) is 10.6 Å². The van der Waals surface area contributed by atoms with Crippen molar-refractivity contribution in [3.8, 4) is 0 Å². The largest absolute Gasteiger partial charge is 0.595 e. The Labute approximate surface area is 196 Å². The van der Waals surface area contributed by atoms with Gasteiger partial charge < -0.3 is 21.0 Å². The molecule has 6 N–H and O–H groups in total. The molecule has 0 saturated carbocycles. The summed E-state index contributed by atoms with van der Waals surface area (Å²) in [6, 6.07) is 20.0. The monoisotopic (exact) mass is 466 g/mol. The maximum Gasteiger partial charge on any atom is 0.251 e. The lowest BCUT2D eigenvalue weighted by Gasteiger charge is -2.22. The van der Waals surface area contributed by atoms with E-state index in [9.17, 15) is 30.4 Å². The average Bonchev–Trinajstić information content (AvgIpc) is 2.85. The van der Waals surface area contributed by atoms with E-state index in [4.69, 9.17) is 0 Å². The van der Waals surface area contributed by atoms with Crippen molar-refractivity contribution in [1.29, 1.82) is 0 Å². The fourth-order valence-electron chi connectivity index (χ4n) is 3.53. The van der Waals surface area contributed by atoms with Crippen LogP contribution in [-0.4, -0.2) is 35.3 Å². The second kappa shape index (κ2) is 12.0. The maximum absolute atomic E-state index is 12.2. The van der Waals surface area contributed by atoms with Crippen LogP contribution >= 0.6 is 0 Å². The molecule has 10 nitrogen and oxygen atoms in total. The van der Waals surface area contributed by atoms with Gasteiger partial charge >= 0.3 is 0 Å². The Balaban J connectivity index is 1.70. The van der Waals surface area contributed by atoms with Crippen LogP contribution in [0.4, 0.5) is 11.4 Å². The normalized spacial score (nSPS) is 12.6. The van der Waals surface area contributed by atoms with Gasteiger partial charge in [0.2, 0.25) is 0 Å². The third-order valence-electron chi connectivity index (χ3n) is 5.20. The lowest BCUT2D eigenvalue weighted by Crippen LogP contribution is -3.01. The molecule has 2 amide bonds. The van der Waals surface area contributed by atoms with Gasteiger partial charge in [-0.15, -0.1) is 0 Å². The molecule has 0 saturated heterocycles. The van der Waals surface area contributed by atoms with Crippen molar-refractivity contribution >= 4 is 23.2 Å². The number of carbonyl (C=O) groups excluding carboxylic acids is 2. The minimum absolute atomic E-state index is 0.0346. The molecule has 0 aliphatic carbocycles. The number of hydrogen-bond acceptors (Lipinski definition) is 6. The van der Waals surface area contributed by atoms with Crippen LogP contribution in [0.25, 0.3) is 0 Å². The van der Waals surface area contributed by atoms with Crippen LogP contribution in [0.15, 0.2) is 72.8 Å². The molecule has 0 aliphatic rings. The lowest BCUT2D eigenvalue weighted by molar-refractivity contribution is -0.996. The van der Waals surface area contributed by atoms with Gasteiger partial charge in [0.15, 0.2) is 11.4 Å². The van der Waals surface area contributed by atoms with Gasteiger partial charge in [0.25, 0.3) is 11.8 Å². The summed E-state index contributed by atoms with van der Waals surface area (Å²) in [6.07, 6.45) is 0.289. The molecule has 0 radical (unpaired) electrons. The van der Waals surface area contributed by atoms with Crippen molar-refractivity contribution in [3.05, 3.63) is 105 Å². The second-order valence-corrected chi connectivity index (χ2v) is 7.52. The summed E-state index contributed by atoms with van der Waals surface area (Å²) in [5.74, 6) is -0.608. The molecule has 0 bridgehead atoms. The quantitative estimate of drug-likeness (QED) is 0.238. The molecule has 0 spiro atoms. The fraction of sp³-hybridized carbons (Fsp3) is 0.167. The molecule has 0 heterocycles. The number of nitrogens with one attached hydrogen (secondary N) is 4. The molecule has 0 fully saturated rings. The zero-order valence-electron chi connectivity index (χ0n) is 18.3. The highest BCUT2D eigenvalue weighted by atomic mass is 16.8. The van der Waals surface area contributed by atoms with Crippen LogP contribution in [-0.2, 0) is 12.8 Å². The van der Waals surface area contributed by atoms with E-state index in [1.54, 1.807) is 60.7 Å². The Bertz CT molecular complexity index is 1080. The Morgan fingerprint density at radius 2 is 1.12 bits per heavy atom. The van der Waals surface area contributed by atoms with Crippen LogP contribution in [0.5, 0.6) is 0 Å². The van der Waals surface area contributed by atoms with Gasteiger partial charge in [-0.3, -0.25) is 9.59 Å². The smallest absolute Gasteiger partial charge is 0.251 e. The predicted octanol–water partition coefficient (Wildman–Crippen LogP) is 0.438. The summed E-state index contributed by atoms with van der Waals surface area (Å²) in [4.78, 5) is 24.4. The van der Waals surface area contributed by atoms with Crippen LogP contribution < -0.4 is 21.1 Å². The van der Waals surface area contributed by atoms with E-state index in [0.29, 0.717) is 16.7 Å². The molecule has 0 aliphatic heterocycles. The zero-order valence-corrected chi connectivity index (χ0v) is 18.3. The van der Waals surface area contributed by atoms with Crippen LogP contribution in [0.3, 0.4) is 0 Å². The first kappa shape index (κ1) is 25.0. The van der Waals surface area contributed by atoms with Crippen molar-refractivity contribution in [2.45, 2.75) is 12.8 Å². The minimum Gasteiger partial charge on any atom is -0.595 e. The molecule has 3 aromatic carbocycles. The highest BCUT2D eigenvalue weighted by Crippen LogP contribution is 2.23. The first-order valence-electron chi connectivity index (χ1n) is 10.7. The predicted molar refractivity (Wildman–Crippen MR) is 123 cm³/mol. The fourth-order valence-corrected chi connectivity index (χ4v) is 3.53.